The van der Waals surface area contributed by atoms with Gasteiger partial charge in [-0.15, -0.1) is 0 Å². The second-order valence-corrected chi connectivity index (χ2v) is 25.7. The summed E-state index contributed by atoms with van der Waals surface area (Å²) in [5, 5.41) is 122. The van der Waals surface area contributed by atoms with Crippen molar-refractivity contribution in [3.63, 3.8) is 0 Å². The van der Waals surface area contributed by atoms with Gasteiger partial charge in [0.25, 0.3) is 23.4 Å². The Kier molecular flexibility index (Phi) is 30.4. The molecule has 0 radical (unpaired) electrons. The second-order valence-electron chi connectivity index (χ2n) is 23.2. The number of carboxylic acid groups (broad SMARTS) is 2. The molecule has 5 aromatic rings. The van der Waals surface area contributed by atoms with Crippen molar-refractivity contribution in [2.45, 2.75) is 111 Å². The van der Waals surface area contributed by atoms with E-state index >= 15 is 0 Å². The summed E-state index contributed by atoms with van der Waals surface area (Å²) < 4.78 is 23.0. The summed E-state index contributed by atoms with van der Waals surface area (Å²) in [5.74, 6) is -10.6. The zero-order valence-electron chi connectivity index (χ0n) is 53.4. The lowest BCUT2D eigenvalue weighted by Crippen LogP contribution is -2.68. The lowest BCUT2D eigenvalue weighted by Gasteiger charge is -2.46. The van der Waals surface area contributed by atoms with Crippen LogP contribution in [0.3, 0.4) is 0 Å². The molecule has 5 aromatic carbocycles. The van der Waals surface area contributed by atoms with Crippen molar-refractivity contribution >= 4 is 70.9 Å². The maximum atomic E-state index is 12.9. The van der Waals surface area contributed by atoms with Crippen LogP contribution in [0.4, 0.5) is 0 Å². The molecule has 30 heteroatoms. The number of carbonyl (C=O) groups is 8. The van der Waals surface area contributed by atoms with Gasteiger partial charge in [-0.1, -0.05) is 109 Å². The SMILES string of the molecule is O=C(Cc1ccc(-c2ccccc2)cc1)NC[C@@H](O)C(O)[C@@H]1O[C@@](OCCCSCCNC(=O)c2ccc(C(=O)NCCSCCCO[C@]3(C(=O)O)C[C@H](O)[C@@H](NC(=O)CO)[C@H](C(O)[C@H](O)CNC(=O)Cc4ccc(-c5ccccc5)cc4)O3)cc2)(C(=O)O)C[C@H](O)[C@H]1NC(=O)CO. The Morgan fingerprint density at radius 3 is 1.15 bits per heavy atom. The number of ether oxygens (including phenoxy) is 4. The van der Waals surface area contributed by atoms with Gasteiger partial charge < -0.3 is 102 Å². The first-order chi connectivity index (χ1) is 47.0. The monoisotopic (exact) mass is 1400 g/mol. The fraction of sp³-hybridized carbons (Fsp3) is 0.441. The van der Waals surface area contributed by atoms with Gasteiger partial charge in [0.2, 0.25) is 23.6 Å². The smallest absolute Gasteiger partial charge is 0.364 e. The number of hydrogen-bond donors (Lipinski definition) is 16. The molecular weight excluding hydrogens is 1320 g/mol. The summed E-state index contributed by atoms with van der Waals surface area (Å²) in [4.78, 5) is 102. The van der Waals surface area contributed by atoms with Gasteiger partial charge in [0.05, 0.1) is 62.6 Å². The van der Waals surface area contributed by atoms with Crippen LogP contribution in [0.25, 0.3) is 22.3 Å². The van der Waals surface area contributed by atoms with E-state index in [1.165, 1.54) is 47.8 Å². The highest BCUT2D eigenvalue weighted by Crippen LogP contribution is 2.36. The first-order valence-electron chi connectivity index (χ1n) is 31.7. The molecule has 16 N–H and O–H groups in total. The van der Waals surface area contributed by atoms with Crippen LogP contribution in [-0.2, 0) is 60.6 Å². The van der Waals surface area contributed by atoms with E-state index in [1.54, 1.807) is 24.3 Å². The molecule has 98 heavy (non-hydrogen) atoms. The molecule has 2 aliphatic heterocycles. The third kappa shape index (κ3) is 22.6. The molecular formula is C68H84N6O22S2. The van der Waals surface area contributed by atoms with Crippen molar-refractivity contribution < 1.29 is 108 Å². The fourth-order valence-corrected chi connectivity index (χ4v) is 12.4. The Hall–Kier alpha value is -7.92. The number of carbonyl (C=O) groups excluding carboxylic acids is 6. The third-order valence-corrected chi connectivity index (χ3v) is 18.2. The van der Waals surface area contributed by atoms with Crippen LogP contribution >= 0.6 is 23.5 Å². The average molecular weight is 1400 g/mol. The van der Waals surface area contributed by atoms with Crippen molar-refractivity contribution in [1.29, 1.82) is 0 Å². The highest BCUT2D eigenvalue weighted by atomic mass is 32.2. The predicted molar refractivity (Wildman–Crippen MR) is 358 cm³/mol. The van der Waals surface area contributed by atoms with Crippen molar-refractivity contribution in [2.24, 2.45) is 0 Å². The molecule has 12 atom stereocenters. The molecule has 28 nitrogen and oxygen atoms in total. The molecule has 530 valence electrons. The summed E-state index contributed by atoms with van der Waals surface area (Å²) >= 11 is 2.80. The van der Waals surface area contributed by atoms with E-state index in [-0.39, 0.29) is 63.1 Å². The maximum absolute atomic E-state index is 12.9. The van der Waals surface area contributed by atoms with Gasteiger partial charge in [0.15, 0.2) is 0 Å². The number of thioether (sulfide) groups is 2. The topological polar surface area (TPSA) is 448 Å². The molecule has 0 aliphatic carbocycles. The molecule has 2 aliphatic rings. The minimum Gasteiger partial charge on any atom is -0.477 e. The Labute approximate surface area is 573 Å². The third-order valence-electron chi connectivity index (χ3n) is 16.1. The van der Waals surface area contributed by atoms with Crippen molar-refractivity contribution in [3.8, 4) is 22.3 Å². The van der Waals surface area contributed by atoms with E-state index in [0.717, 1.165) is 22.3 Å². The normalized spacial score (nSPS) is 21.8. The minimum absolute atomic E-state index is 0.0735. The number of aliphatic carboxylic acids is 2. The van der Waals surface area contributed by atoms with Gasteiger partial charge in [0, 0.05) is 61.7 Å². The van der Waals surface area contributed by atoms with Crippen LogP contribution in [0.5, 0.6) is 0 Å². The first-order valence-corrected chi connectivity index (χ1v) is 34.0. The molecule has 7 rings (SSSR count). The summed E-state index contributed by atoms with van der Waals surface area (Å²) in [6, 6.07) is 36.6. The highest BCUT2D eigenvalue weighted by molar-refractivity contribution is 7.99. The van der Waals surface area contributed by atoms with E-state index in [4.69, 9.17) is 18.9 Å². The first kappa shape index (κ1) is 77.4. The van der Waals surface area contributed by atoms with Crippen LogP contribution in [0.15, 0.2) is 133 Å². The van der Waals surface area contributed by atoms with E-state index in [0.29, 0.717) is 34.1 Å². The molecule has 2 saturated heterocycles. The molecule has 0 bridgehead atoms. The maximum Gasteiger partial charge on any atom is 0.364 e. The molecule has 2 unspecified atom stereocenters. The Bertz CT molecular complexity index is 3180. The lowest BCUT2D eigenvalue weighted by atomic mass is 9.88. The molecule has 0 aromatic heterocycles. The summed E-state index contributed by atoms with van der Waals surface area (Å²) in [5.41, 5.74) is 5.75. The molecule has 2 heterocycles. The van der Waals surface area contributed by atoms with Crippen LogP contribution in [-0.4, -0.2) is 247 Å². The van der Waals surface area contributed by atoms with Crippen LogP contribution in [0.2, 0.25) is 0 Å². The van der Waals surface area contributed by atoms with Crippen molar-refractivity contribution in [2.75, 3.05) is 75.6 Å². The van der Waals surface area contributed by atoms with Crippen LogP contribution < -0.4 is 31.9 Å². The quantitative estimate of drug-likeness (QED) is 0.0226. The molecule has 0 spiro atoms. The number of amides is 6. The molecule has 6 amide bonds. The van der Waals surface area contributed by atoms with Crippen LogP contribution in [0.1, 0.15) is 57.5 Å². The van der Waals surface area contributed by atoms with Gasteiger partial charge in [-0.25, -0.2) is 9.59 Å². The number of rotatable bonds is 38. The number of nitrogens with one attached hydrogen (secondary N) is 6. The molecule has 0 saturated carbocycles. The van der Waals surface area contributed by atoms with E-state index in [2.05, 4.69) is 31.9 Å². The standard InChI is InChI=1S/C68H84N6O22S2/c75-39-55(83)73-57-49(77)35-67(65(89)90,95-61(57)59(85)51(79)37-71-53(81)33-41-13-17-45(18-14-41)43-9-3-1-4-10-43)93-27-7-29-97-31-25-69-63(87)47-21-23-48(24-22-47)64(88)70-26-32-98-30-8-28-94-68(66(91)92)36-50(78)58(74-56(84)40-76)62(96-68)60(86)52(80)38-72-54(82)34-42-15-19-46(20-16-42)44-11-5-2-6-12-44/h1-6,9-24,49-52,57-62,75-80,85-86H,7-8,25-40H2,(H,69,87)(H,70,88)(H,71,81)(H,72,82)(H,73,83)(H,74,84)(H,89,90)(H,91,92)/t49-,50-,51+,52+,57+,58+,59?,60?,61+,62+,67+,68+/m0/s1. The minimum atomic E-state index is -2.55. The largest absolute Gasteiger partial charge is 0.477 e. The van der Waals surface area contributed by atoms with Gasteiger partial charge in [-0.05, 0) is 82.0 Å². The average Bonchev–Trinajstić information content (AvgIpc) is 0.778. The van der Waals surface area contributed by atoms with E-state index in [1.807, 2.05) is 84.9 Å². The zero-order valence-corrected chi connectivity index (χ0v) is 55.0. The number of benzene rings is 5. The summed E-state index contributed by atoms with van der Waals surface area (Å²) in [6.07, 6.45) is -15.7. The summed E-state index contributed by atoms with van der Waals surface area (Å²) in [7, 11) is 0. The van der Waals surface area contributed by atoms with Crippen LogP contribution in [0, 0.1) is 0 Å². The summed E-state index contributed by atoms with van der Waals surface area (Å²) in [6.45, 7) is -3.09. The second kappa shape index (κ2) is 38.4. The Morgan fingerprint density at radius 2 is 0.816 bits per heavy atom. The van der Waals surface area contributed by atoms with Gasteiger partial charge in [0.1, 0.15) is 37.6 Å². The van der Waals surface area contributed by atoms with E-state index in [9.17, 15) is 89.4 Å². The Balaban J connectivity index is 0.775. The zero-order chi connectivity index (χ0) is 70.8. The Morgan fingerprint density at radius 1 is 0.469 bits per heavy atom. The lowest BCUT2D eigenvalue weighted by molar-refractivity contribution is -0.310. The fourth-order valence-electron chi connectivity index (χ4n) is 10.8. The van der Waals surface area contributed by atoms with Gasteiger partial charge >= 0.3 is 11.9 Å². The number of aliphatic hydroxyl groups excluding tert-OH is 8. The van der Waals surface area contributed by atoms with Gasteiger partial charge in [-0.2, -0.15) is 23.5 Å². The number of hydrogen-bond acceptors (Lipinski definition) is 22. The predicted octanol–water partition coefficient (Wildman–Crippen LogP) is -0.263. The van der Waals surface area contributed by atoms with Gasteiger partial charge in [-0.3, -0.25) is 28.8 Å². The number of aliphatic hydroxyl groups is 8. The van der Waals surface area contributed by atoms with E-state index < -0.39 is 159 Å². The van der Waals surface area contributed by atoms with Crippen molar-refractivity contribution in [3.05, 3.63) is 156 Å². The van der Waals surface area contributed by atoms with Crippen molar-refractivity contribution in [1.82, 2.24) is 31.9 Å². The number of carboxylic acids is 2. The molecule has 2 fully saturated rings. The highest BCUT2D eigenvalue weighted by Gasteiger charge is 2.57.